The fraction of sp³-hybridized carbons (Fsp3) is 0.267. The molecular weight excluding hydrogens is 320 g/mol. The molecule has 7 heteroatoms. The highest BCUT2D eigenvalue weighted by Gasteiger charge is 2.13. The van der Waals surface area contributed by atoms with Gasteiger partial charge in [-0.3, -0.25) is 4.79 Å². The minimum absolute atomic E-state index is 0.170. The van der Waals surface area contributed by atoms with Gasteiger partial charge < -0.3 is 4.98 Å². The molecule has 0 saturated heterocycles. The predicted molar refractivity (Wildman–Crippen MR) is 90.1 cm³/mol. The molecule has 0 saturated carbocycles. The first-order valence-corrected chi connectivity index (χ1v) is 8.25. The molecule has 0 amide bonds. The number of nitrogens with one attached hydrogen (secondary N) is 1. The summed E-state index contributed by atoms with van der Waals surface area (Å²) in [5.74, 6) is 0. The Labute approximate surface area is 136 Å². The molecular formula is C15H15ClN4OS. The van der Waals surface area contributed by atoms with Crippen LogP contribution in [0.3, 0.4) is 0 Å². The van der Waals surface area contributed by atoms with Gasteiger partial charge in [0.25, 0.3) is 5.56 Å². The maximum Gasteiger partial charge on any atom is 0.262 e. The third kappa shape index (κ3) is 2.89. The number of thioether (sulfide) groups is 1. The summed E-state index contributed by atoms with van der Waals surface area (Å²) in [7, 11) is 0. The van der Waals surface area contributed by atoms with Crippen molar-refractivity contribution in [1.82, 2.24) is 19.7 Å². The molecule has 2 heterocycles. The van der Waals surface area contributed by atoms with Crippen molar-refractivity contribution in [2.24, 2.45) is 0 Å². The monoisotopic (exact) mass is 334 g/mol. The Kier molecular flexibility index (Phi) is 4.22. The number of aromatic nitrogens is 4. The Morgan fingerprint density at radius 1 is 1.36 bits per heavy atom. The van der Waals surface area contributed by atoms with E-state index in [1.54, 1.807) is 28.6 Å². The summed E-state index contributed by atoms with van der Waals surface area (Å²) in [5, 5.41) is 6.40. The highest BCUT2D eigenvalue weighted by Crippen LogP contribution is 2.23. The van der Waals surface area contributed by atoms with E-state index in [1.165, 1.54) is 6.20 Å². The number of hydrogen-bond acceptors (Lipinski definition) is 4. The third-order valence-electron chi connectivity index (χ3n) is 3.38. The first-order valence-electron chi connectivity index (χ1n) is 6.99. The molecule has 1 atom stereocenters. The predicted octanol–water partition coefficient (Wildman–Crippen LogP) is 3.65. The van der Waals surface area contributed by atoms with Gasteiger partial charge >= 0.3 is 0 Å². The second-order valence-corrected chi connectivity index (χ2v) is 6.84. The van der Waals surface area contributed by atoms with Gasteiger partial charge in [-0.2, -0.15) is 5.10 Å². The number of halogens is 1. The number of benzene rings is 1. The van der Waals surface area contributed by atoms with Crippen LogP contribution in [-0.4, -0.2) is 25.0 Å². The SMILES string of the molecule is CC[C@@H](C)Sc1nc2c(cnn2-c2ccc(Cl)cc2)c(=O)[nH]1. The van der Waals surface area contributed by atoms with E-state index in [2.05, 4.69) is 28.9 Å². The first-order chi connectivity index (χ1) is 10.6. The van der Waals surface area contributed by atoms with Gasteiger partial charge in [0.15, 0.2) is 10.8 Å². The number of H-pyrrole nitrogens is 1. The summed E-state index contributed by atoms with van der Waals surface area (Å²) in [6.07, 6.45) is 2.54. The molecule has 0 spiro atoms. The van der Waals surface area contributed by atoms with E-state index in [0.29, 0.717) is 26.5 Å². The molecule has 0 aliphatic heterocycles. The molecule has 0 aliphatic rings. The number of aromatic amines is 1. The topological polar surface area (TPSA) is 63.6 Å². The fourth-order valence-corrected chi connectivity index (χ4v) is 2.96. The molecule has 0 bridgehead atoms. The second-order valence-electron chi connectivity index (χ2n) is 4.98. The van der Waals surface area contributed by atoms with Crippen LogP contribution in [0.1, 0.15) is 20.3 Å². The quantitative estimate of drug-likeness (QED) is 0.584. The molecule has 22 heavy (non-hydrogen) atoms. The average Bonchev–Trinajstić information content (AvgIpc) is 2.92. The van der Waals surface area contributed by atoms with Gasteiger partial charge in [-0.25, -0.2) is 9.67 Å². The van der Waals surface area contributed by atoms with E-state index in [0.717, 1.165) is 12.1 Å². The second kappa shape index (κ2) is 6.14. The van der Waals surface area contributed by atoms with Gasteiger partial charge in [0.2, 0.25) is 0 Å². The van der Waals surface area contributed by atoms with Crippen molar-refractivity contribution in [3.63, 3.8) is 0 Å². The normalized spacial score (nSPS) is 12.7. The number of nitrogens with zero attached hydrogens (tertiary/aromatic N) is 3. The van der Waals surface area contributed by atoms with Gasteiger partial charge in [0, 0.05) is 10.3 Å². The minimum Gasteiger partial charge on any atom is -0.301 e. The summed E-state index contributed by atoms with van der Waals surface area (Å²) >= 11 is 7.46. The zero-order valence-electron chi connectivity index (χ0n) is 12.2. The first kappa shape index (κ1) is 15.1. The summed E-state index contributed by atoms with van der Waals surface area (Å²) in [5.41, 5.74) is 1.20. The molecule has 114 valence electrons. The van der Waals surface area contributed by atoms with Crippen LogP contribution in [0, 0.1) is 0 Å². The maximum atomic E-state index is 12.2. The molecule has 1 aromatic carbocycles. The number of fused-ring (bicyclic) bond motifs is 1. The molecule has 1 N–H and O–H groups in total. The molecule has 0 aliphatic carbocycles. The molecule has 3 rings (SSSR count). The summed E-state index contributed by atoms with van der Waals surface area (Å²) < 4.78 is 1.65. The smallest absolute Gasteiger partial charge is 0.262 e. The van der Waals surface area contributed by atoms with Crippen LogP contribution in [0.4, 0.5) is 0 Å². The zero-order valence-corrected chi connectivity index (χ0v) is 13.8. The summed E-state index contributed by atoms with van der Waals surface area (Å²) in [6.45, 7) is 4.21. The summed E-state index contributed by atoms with van der Waals surface area (Å²) in [6, 6.07) is 7.26. The van der Waals surface area contributed by atoms with Gasteiger partial charge in [0.1, 0.15) is 5.39 Å². The molecule has 2 aromatic heterocycles. The van der Waals surface area contributed by atoms with Crippen LogP contribution >= 0.6 is 23.4 Å². The van der Waals surface area contributed by atoms with Crippen LogP contribution in [0.5, 0.6) is 0 Å². The van der Waals surface area contributed by atoms with E-state index < -0.39 is 0 Å². The summed E-state index contributed by atoms with van der Waals surface area (Å²) in [4.78, 5) is 19.6. The van der Waals surface area contributed by atoms with Gasteiger partial charge in [0.05, 0.1) is 11.9 Å². The van der Waals surface area contributed by atoms with E-state index in [1.807, 2.05) is 12.1 Å². The Morgan fingerprint density at radius 2 is 2.09 bits per heavy atom. The highest BCUT2D eigenvalue weighted by atomic mass is 35.5. The average molecular weight is 335 g/mol. The lowest BCUT2D eigenvalue weighted by molar-refractivity contribution is 0.860. The van der Waals surface area contributed by atoms with E-state index in [-0.39, 0.29) is 5.56 Å². The van der Waals surface area contributed by atoms with E-state index >= 15 is 0 Å². The lowest BCUT2D eigenvalue weighted by atomic mass is 10.3. The van der Waals surface area contributed by atoms with Crippen LogP contribution < -0.4 is 5.56 Å². The molecule has 5 nitrogen and oxygen atoms in total. The largest absolute Gasteiger partial charge is 0.301 e. The number of rotatable bonds is 4. The van der Waals surface area contributed by atoms with Crippen LogP contribution in [0.15, 0.2) is 40.4 Å². The minimum atomic E-state index is -0.170. The standard InChI is InChI=1S/C15H15ClN4OS/c1-3-9(2)22-15-18-13-12(14(21)19-15)8-17-20(13)11-6-4-10(16)5-7-11/h4-9H,3H2,1-2H3,(H,18,19,21)/t9-/m1/s1. The Morgan fingerprint density at radius 3 is 2.77 bits per heavy atom. The maximum absolute atomic E-state index is 12.2. The van der Waals surface area contributed by atoms with Crippen molar-refractivity contribution in [2.75, 3.05) is 0 Å². The highest BCUT2D eigenvalue weighted by molar-refractivity contribution is 7.99. The van der Waals surface area contributed by atoms with Crippen LogP contribution in [-0.2, 0) is 0 Å². The van der Waals surface area contributed by atoms with Crippen molar-refractivity contribution in [1.29, 1.82) is 0 Å². The Balaban J connectivity index is 2.12. The van der Waals surface area contributed by atoms with Crippen molar-refractivity contribution in [3.8, 4) is 5.69 Å². The van der Waals surface area contributed by atoms with Crippen LogP contribution in [0.25, 0.3) is 16.7 Å². The number of hydrogen-bond donors (Lipinski definition) is 1. The van der Waals surface area contributed by atoms with Crippen molar-refractivity contribution in [2.45, 2.75) is 30.7 Å². The van der Waals surface area contributed by atoms with Crippen molar-refractivity contribution < 1.29 is 0 Å². The lowest BCUT2D eigenvalue weighted by Gasteiger charge is -2.08. The Bertz CT molecular complexity index is 856. The van der Waals surface area contributed by atoms with E-state index in [4.69, 9.17) is 11.6 Å². The molecule has 0 unspecified atom stereocenters. The molecule has 0 fully saturated rings. The molecule has 3 aromatic rings. The van der Waals surface area contributed by atoms with Gasteiger partial charge in [-0.1, -0.05) is 37.2 Å². The fourth-order valence-electron chi connectivity index (χ4n) is 2.00. The van der Waals surface area contributed by atoms with Crippen molar-refractivity contribution >= 4 is 34.4 Å². The van der Waals surface area contributed by atoms with Gasteiger partial charge in [-0.15, -0.1) is 0 Å². The third-order valence-corrected chi connectivity index (χ3v) is 4.78. The van der Waals surface area contributed by atoms with Crippen molar-refractivity contribution in [3.05, 3.63) is 45.8 Å². The lowest BCUT2D eigenvalue weighted by Crippen LogP contribution is -2.11. The molecule has 0 radical (unpaired) electrons. The van der Waals surface area contributed by atoms with Gasteiger partial charge in [-0.05, 0) is 30.7 Å². The zero-order chi connectivity index (χ0) is 15.7. The Hall–Kier alpha value is -1.79. The van der Waals surface area contributed by atoms with Crippen LogP contribution in [0.2, 0.25) is 5.02 Å². The van der Waals surface area contributed by atoms with E-state index in [9.17, 15) is 4.79 Å².